The molecule has 0 aliphatic carbocycles. The van der Waals surface area contributed by atoms with E-state index in [4.69, 9.17) is 11.6 Å². The van der Waals surface area contributed by atoms with Gasteiger partial charge in [-0.1, -0.05) is 61.7 Å². The highest BCUT2D eigenvalue weighted by molar-refractivity contribution is 6.28. The highest BCUT2D eigenvalue weighted by Gasteiger charge is 2.08. The molecule has 0 unspecified atom stereocenters. The number of nitrogens with zero attached hydrogens (tertiary/aromatic N) is 3. The fourth-order valence-corrected chi connectivity index (χ4v) is 1.63. The van der Waals surface area contributed by atoms with Crippen LogP contribution in [-0.2, 0) is 0 Å². The molecule has 0 radical (unpaired) electrons. The van der Waals surface area contributed by atoms with E-state index >= 15 is 0 Å². The maximum Gasteiger partial charge on any atom is 0.226 e. The summed E-state index contributed by atoms with van der Waals surface area (Å²) in [5.41, 5.74) is 1.54. The van der Waals surface area contributed by atoms with Crippen LogP contribution in [0.25, 0.3) is 17.0 Å². The van der Waals surface area contributed by atoms with E-state index in [9.17, 15) is 0 Å². The van der Waals surface area contributed by atoms with E-state index in [2.05, 4.69) is 28.1 Å². The monoisotopic (exact) mass is 269 g/mol. The summed E-state index contributed by atoms with van der Waals surface area (Å²) in [6, 6.07) is 9.59. The van der Waals surface area contributed by atoms with Gasteiger partial charge >= 0.3 is 0 Å². The van der Waals surface area contributed by atoms with Crippen LogP contribution < -0.4 is 0 Å². The standard InChI is InChI=1S/C15H12ClN3/c1-3-4-8-11(2)13-17-14(19-15(16)18-13)12-9-6-5-7-10-12/h3-10H,1-2H2/b8-4-. The van der Waals surface area contributed by atoms with Gasteiger partial charge in [-0.2, -0.15) is 9.97 Å². The molecule has 0 saturated heterocycles. The quantitative estimate of drug-likeness (QED) is 0.789. The molecule has 0 N–H and O–H groups in total. The summed E-state index contributed by atoms with van der Waals surface area (Å²) in [4.78, 5) is 12.6. The maximum atomic E-state index is 5.93. The predicted molar refractivity (Wildman–Crippen MR) is 78.6 cm³/mol. The molecule has 1 aromatic heterocycles. The first-order chi connectivity index (χ1) is 9.20. The van der Waals surface area contributed by atoms with Gasteiger partial charge in [-0.15, -0.1) is 0 Å². The van der Waals surface area contributed by atoms with Gasteiger partial charge in [0, 0.05) is 11.1 Å². The topological polar surface area (TPSA) is 38.7 Å². The molecule has 0 fully saturated rings. The summed E-state index contributed by atoms with van der Waals surface area (Å²) in [7, 11) is 0. The molecule has 0 aliphatic rings. The molecule has 0 aliphatic heterocycles. The highest BCUT2D eigenvalue weighted by Crippen LogP contribution is 2.18. The molecule has 0 atom stereocenters. The minimum absolute atomic E-state index is 0.150. The average molecular weight is 270 g/mol. The average Bonchev–Trinajstić information content (AvgIpc) is 2.45. The van der Waals surface area contributed by atoms with Crippen LogP contribution in [-0.4, -0.2) is 15.0 Å². The lowest BCUT2D eigenvalue weighted by atomic mass is 10.2. The van der Waals surface area contributed by atoms with Crippen LogP contribution in [0.2, 0.25) is 5.28 Å². The lowest BCUT2D eigenvalue weighted by molar-refractivity contribution is 1.03. The lowest BCUT2D eigenvalue weighted by Gasteiger charge is -2.04. The molecule has 3 nitrogen and oxygen atoms in total. The van der Waals surface area contributed by atoms with Crippen molar-refractivity contribution in [2.75, 3.05) is 0 Å². The first-order valence-corrected chi connectivity index (χ1v) is 6.04. The molecule has 0 spiro atoms. The summed E-state index contributed by atoms with van der Waals surface area (Å²) in [5.74, 6) is 0.987. The molecule has 94 valence electrons. The summed E-state index contributed by atoms with van der Waals surface area (Å²) < 4.78 is 0. The van der Waals surface area contributed by atoms with Crippen molar-refractivity contribution in [2.24, 2.45) is 0 Å². The van der Waals surface area contributed by atoms with Crippen LogP contribution in [0.5, 0.6) is 0 Å². The van der Waals surface area contributed by atoms with Gasteiger partial charge in [0.25, 0.3) is 0 Å². The molecule has 0 amide bonds. The molecular weight excluding hydrogens is 258 g/mol. The van der Waals surface area contributed by atoms with Crippen LogP contribution in [0.15, 0.2) is 61.7 Å². The van der Waals surface area contributed by atoms with E-state index in [1.54, 1.807) is 18.2 Å². The van der Waals surface area contributed by atoms with Crippen molar-refractivity contribution in [2.45, 2.75) is 0 Å². The molecule has 4 heteroatoms. The van der Waals surface area contributed by atoms with Gasteiger partial charge in [-0.05, 0) is 11.6 Å². The summed E-state index contributed by atoms with van der Waals surface area (Å²) in [6.45, 7) is 7.49. The van der Waals surface area contributed by atoms with Crippen molar-refractivity contribution in [1.29, 1.82) is 0 Å². The Morgan fingerprint density at radius 2 is 1.84 bits per heavy atom. The Morgan fingerprint density at radius 3 is 2.53 bits per heavy atom. The van der Waals surface area contributed by atoms with E-state index in [0.717, 1.165) is 5.56 Å². The molecule has 0 bridgehead atoms. The van der Waals surface area contributed by atoms with Gasteiger partial charge in [0.2, 0.25) is 5.28 Å². The second-order valence-electron chi connectivity index (χ2n) is 3.74. The van der Waals surface area contributed by atoms with E-state index in [1.165, 1.54) is 0 Å². The van der Waals surface area contributed by atoms with E-state index < -0.39 is 0 Å². The highest BCUT2D eigenvalue weighted by atomic mass is 35.5. The fraction of sp³-hybridized carbons (Fsp3) is 0. The minimum Gasteiger partial charge on any atom is -0.208 e. The van der Waals surface area contributed by atoms with Crippen LogP contribution in [0.4, 0.5) is 0 Å². The van der Waals surface area contributed by atoms with Gasteiger partial charge in [0.15, 0.2) is 11.6 Å². The Balaban J connectivity index is 2.43. The van der Waals surface area contributed by atoms with Crippen LogP contribution >= 0.6 is 11.6 Å². The molecule has 1 heterocycles. The van der Waals surface area contributed by atoms with Crippen molar-refractivity contribution in [1.82, 2.24) is 15.0 Å². The second-order valence-corrected chi connectivity index (χ2v) is 4.08. The predicted octanol–water partition coefficient (Wildman–Crippen LogP) is 3.95. The second kappa shape index (κ2) is 6.07. The minimum atomic E-state index is 0.150. The molecule has 0 saturated carbocycles. The van der Waals surface area contributed by atoms with Gasteiger partial charge in [0.05, 0.1) is 0 Å². The summed E-state index contributed by atoms with van der Waals surface area (Å²) in [5, 5.41) is 0.150. The number of rotatable bonds is 4. The first-order valence-electron chi connectivity index (χ1n) is 5.66. The zero-order valence-corrected chi connectivity index (χ0v) is 11.0. The van der Waals surface area contributed by atoms with Crippen LogP contribution in [0, 0.1) is 0 Å². The van der Waals surface area contributed by atoms with Crippen molar-refractivity contribution >= 4 is 17.2 Å². The van der Waals surface area contributed by atoms with Crippen molar-refractivity contribution < 1.29 is 0 Å². The van der Waals surface area contributed by atoms with E-state index in [0.29, 0.717) is 17.2 Å². The Hall–Kier alpha value is -2.26. The number of hydrogen-bond donors (Lipinski definition) is 0. The Bertz CT molecular complexity index is 633. The van der Waals surface area contributed by atoms with Gasteiger partial charge in [-0.3, -0.25) is 0 Å². The fourth-order valence-electron chi connectivity index (χ4n) is 1.47. The third kappa shape index (κ3) is 3.36. The molecule has 2 rings (SSSR count). The molecule has 19 heavy (non-hydrogen) atoms. The number of aromatic nitrogens is 3. The number of allylic oxidation sites excluding steroid dienone is 4. The van der Waals surface area contributed by atoms with Gasteiger partial charge in [-0.25, -0.2) is 4.98 Å². The van der Waals surface area contributed by atoms with Crippen LogP contribution in [0.3, 0.4) is 0 Å². The zero-order valence-electron chi connectivity index (χ0n) is 10.3. The van der Waals surface area contributed by atoms with E-state index in [-0.39, 0.29) is 5.28 Å². The molecule has 1 aromatic carbocycles. The van der Waals surface area contributed by atoms with E-state index in [1.807, 2.05) is 30.3 Å². The number of halogens is 1. The van der Waals surface area contributed by atoms with Crippen LogP contribution in [0.1, 0.15) is 5.82 Å². The van der Waals surface area contributed by atoms with Gasteiger partial charge in [0.1, 0.15) is 0 Å². The Morgan fingerprint density at radius 1 is 1.11 bits per heavy atom. The summed E-state index contributed by atoms with van der Waals surface area (Å²) in [6.07, 6.45) is 5.20. The Labute approximate surface area is 117 Å². The largest absolute Gasteiger partial charge is 0.226 e. The normalized spacial score (nSPS) is 10.6. The Kier molecular flexibility index (Phi) is 4.21. The third-order valence-corrected chi connectivity index (χ3v) is 2.53. The van der Waals surface area contributed by atoms with Gasteiger partial charge < -0.3 is 0 Å². The number of hydrogen-bond acceptors (Lipinski definition) is 3. The molecular formula is C15H12ClN3. The van der Waals surface area contributed by atoms with Crippen molar-refractivity contribution in [3.63, 3.8) is 0 Å². The van der Waals surface area contributed by atoms with Crippen molar-refractivity contribution in [3.05, 3.63) is 72.8 Å². The first kappa shape index (κ1) is 13.2. The lowest BCUT2D eigenvalue weighted by Crippen LogP contribution is -1.99. The SMILES string of the molecule is C=C/C=C\C(=C)c1nc(Cl)nc(-c2ccccc2)n1. The van der Waals surface area contributed by atoms with Crippen molar-refractivity contribution in [3.8, 4) is 11.4 Å². The molecule has 2 aromatic rings. The maximum absolute atomic E-state index is 5.93. The third-order valence-electron chi connectivity index (χ3n) is 2.36. The zero-order chi connectivity index (χ0) is 13.7. The number of benzene rings is 1. The summed E-state index contributed by atoms with van der Waals surface area (Å²) >= 11 is 5.93. The smallest absolute Gasteiger partial charge is 0.208 e.